The van der Waals surface area contributed by atoms with Gasteiger partial charge in [0.05, 0.1) is 12.7 Å². The van der Waals surface area contributed by atoms with Crippen molar-refractivity contribution >= 4 is 5.91 Å². The average molecular weight is 346 g/mol. The fourth-order valence-electron chi connectivity index (χ4n) is 2.84. The second-order valence-electron chi connectivity index (χ2n) is 5.93. The summed E-state index contributed by atoms with van der Waals surface area (Å²) in [6, 6.07) is 8.01. The van der Waals surface area contributed by atoms with Crippen LogP contribution in [-0.4, -0.2) is 44.1 Å². The van der Waals surface area contributed by atoms with Crippen LogP contribution in [0.2, 0.25) is 0 Å². The number of carbonyl (C=O) groups is 1. The average Bonchev–Trinajstić information content (AvgIpc) is 2.99. The number of carbonyl (C=O) groups excluding carboxylic acids is 1. The van der Waals surface area contributed by atoms with Crippen LogP contribution in [0.15, 0.2) is 46.1 Å². The van der Waals surface area contributed by atoms with E-state index in [2.05, 4.69) is 0 Å². The summed E-state index contributed by atoms with van der Waals surface area (Å²) in [5.74, 6) is -0.731. The SMILES string of the molecule is Cc1cn([C@H]2C[C@H](O)[C@@H](CO)O2)c(=O)n(C(=O)c2ccccc2)c1=O. The van der Waals surface area contributed by atoms with Crippen LogP contribution >= 0.6 is 0 Å². The summed E-state index contributed by atoms with van der Waals surface area (Å²) in [5.41, 5.74) is -1.15. The molecule has 0 amide bonds. The summed E-state index contributed by atoms with van der Waals surface area (Å²) in [5, 5.41) is 19.0. The van der Waals surface area contributed by atoms with Crippen molar-refractivity contribution in [2.45, 2.75) is 31.8 Å². The highest BCUT2D eigenvalue weighted by molar-refractivity contribution is 5.95. The zero-order valence-corrected chi connectivity index (χ0v) is 13.5. The van der Waals surface area contributed by atoms with Crippen molar-refractivity contribution in [1.29, 1.82) is 0 Å². The standard InChI is InChI=1S/C17H18N2O6/c1-10-8-18(14-7-12(21)13(9-20)25-14)17(24)19(15(10)22)16(23)11-5-3-2-4-6-11/h2-6,8,12-14,20-21H,7,9H2,1H3/t12-,13+,14+/m0/s1. The van der Waals surface area contributed by atoms with Crippen molar-refractivity contribution in [3.63, 3.8) is 0 Å². The van der Waals surface area contributed by atoms with E-state index in [0.29, 0.717) is 4.57 Å². The first-order valence-corrected chi connectivity index (χ1v) is 7.83. The predicted molar refractivity (Wildman–Crippen MR) is 87.5 cm³/mol. The maximum absolute atomic E-state index is 12.7. The van der Waals surface area contributed by atoms with Gasteiger partial charge in [-0.15, -0.1) is 0 Å². The van der Waals surface area contributed by atoms with Crippen LogP contribution in [0.3, 0.4) is 0 Å². The molecule has 2 heterocycles. The lowest BCUT2D eigenvalue weighted by Gasteiger charge is -2.17. The van der Waals surface area contributed by atoms with E-state index in [0.717, 1.165) is 4.57 Å². The molecule has 0 aliphatic carbocycles. The molecule has 0 saturated carbocycles. The van der Waals surface area contributed by atoms with E-state index in [1.54, 1.807) is 18.2 Å². The summed E-state index contributed by atoms with van der Waals surface area (Å²) in [7, 11) is 0. The molecule has 8 nitrogen and oxygen atoms in total. The van der Waals surface area contributed by atoms with Crippen molar-refractivity contribution in [1.82, 2.24) is 9.13 Å². The topological polar surface area (TPSA) is 111 Å². The predicted octanol–water partition coefficient (Wildman–Crippen LogP) is -0.352. The summed E-state index contributed by atoms with van der Waals surface area (Å²) in [6.07, 6.45) is -1.25. The Hall–Kier alpha value is -2.55. The largest absolute Gasteiger partial charge is 0.394 e. The van der Waals surface area contributed by atoms with Gasteiger partial charge in [0.2, 0.25) is 0 Å². The number of hydrogen-bond donors (Lipinski definition) is 2. The minimum Gasteiger partial charge on any atom is -0.394 e. The quantitative estimate of drug-likeness (QED) is 0.786. The molecule has 0 unspecified atom stereocenters. The number of aromatic nitrogens is 2. The molecule has 2 aromatic rings. The Morgan fingerprint density at radius 3 is 2.56 bits per heavy atom. The Bertz CT molecular complexity index is 902. The first kappa shape index (κ1) is 17.3. The van der Waals surface area contributed by atoms with Crippen LogP contribution in [0, 0.1) is 6.92 Å². The van der Waals surface area contributed by atoms with Crippen molar-refractivity contribution in [2.24, 2.45) is 0 Å². The molecular formula is C17H18N2O6. The van der Waals surface area contributed by atoms with Gasteiger partial charge >= 0.3 is 5.69 Å². The molecule has 1 saturated heterocycles. The summed E-state index contributed by atoms with van der Waals surface area (Å²) >= 11 is 0. The number of aryl methyl sites for hydroxylation is 1. The first-order chi connectivity index (χ1) is 11.9. The number of aliphatic hydroxyl groups excluding tert-OH is 2. The van der Waals surface area contributed by atoms with Gasteiger partial charge in [-0.1, -0.05) is 18.2 Å². The highest BCUT2D eigenvalue weighted by Crippen LogP contribution is 2.27. The van der Waals surface area contributed by atoms with Crippen LogP contribution in [-0.2, 0) is 4.74 Å². The third kappa shape index (κ3) is 3.07. The Morgan fingerprint density at radius 2 is 1.96 bits per heavy atom. The Labute approximate surface area is 142 Å². The first-order valence-electron chi connectivity index (χ1n) is 7.83. The number of benzene rings is 1. The van der Waals surface area contributed by atoms with Gasteiger partial charge in [-0.25, -0.2) is 4.79 Å². The van der Waals surface area contributed by atoms with Crippen molar-refractivity contribution in [2.75, 3.05) is 6.61 Å². The second-order valence-corrected chi connectivity index (χ2v) is 5.93. The molecule has 2 N–H and O–H groups in total. The van der Waals surface area contributed by atoms with E-state index in [-0.39, 0.29) is 17.5 Å². The monoisotopic (exact) mass is 346 g/mol. The zero-order chi connectivity index (χ0) is 18.1. The van der Waals surface area contributed by atoms with Gasteiger partial charge in [0.1, 0.15) is 12.3 Å². The summed E-state index contributed by atoms with van der Waals surface area (Å²) in [6.45, 7) is 1.09. The van der Waals surface area contributed by atoms with Gasteiger partial charge in [0, 0.05) is 23.7 Å². The Morgan fingerprint density at radius 1 is 1.28 bits per heavy atom. The third-order valence-electron chi connectivity index (χ3n) is 4.20. The van der Waals surface area contributed by atoms with Gasteiger partial charge in [-0.2, -0.15) is 4.57 Å². The normalized spacial score (nSPS) is 22.9. The molecule has 0 bridgehead atoms. The van der Waals surface area contributed by atoms with Crippen LogP contribution in [0.5, 0.6) is 0 Å². The maximum atomic E-state index is 12.7. The van der Waals surface area contributed by atoms with Crippen LogP contribution in [0.1, 0.15) is 28.6 Å². The molecular weight excluding hydrogens is 328 g/mol. The van der Waals surface area contributed by atoms with Crippen LogP contribution in [0.4, 0.5) is 0 Å². The Balaban J connectivity index is 2.09. The summed E-state index contributed by atoms with van der Waals surface area (Å²) < 4.78 is 7.13. The van der Waals surface area contributed by atoms with Crippen LogP contribution in [0.25, 0.3) is 0 Å². The number of ether oxygens (including phenoxy) is 1. The molecule has 1 aliphatic heterocycles. The van der Waals surface area contributed by atoms with E-state index in [4.69, 9.17) is 4.74 Å². The second kappa shape index (κ2) is 6.75. The lowest BCUT2D eigenvalue weighted by Crippen LogP contribution is -2.45. The van der Waals surface area contributed by atoms with Crippen molar-refractivity contribution in [3.8, 4) is 0 Å². The highest BCUT2D eigenvalue weighted by atomic mass is 16.5. The minimum atomic E-state index is -0.938. The number of rotatable bonds is 3. The number of nitrogens with zero attached hydrogens (tertiary/aromatic N) is 2. The van der Waals surface area contributed by atoms with Crippen LogP contribution < -0.4 is 11.2 Å². The fraction of sp³-hybridized carbons (Fsp3) is 0.353. The molecule has 3 rings (SSSR count). The van der Waals surface area contributed by atoms with E-state index in [9.17, 15) is 24.6 Å². The molecule has 1 fully saturated rings. The Kier molecular flexibility index (Phi) is 4.67. The van der Waals surface area contributed by atoms with Gasteiger partial charge in [-0.3, -0.25) is 14.2 Å². The van der Waals surface area contributed by atoms with E-state index in [1.165, 1.54) is 25.3 Å². The third-order valence-corrected chi connectivity index (χ3v) is 4.20. The highest BCUT2D eigenvalue weighted by Gasteiger charge is 2.35. The molecule has 0 radical (unpaired) electrons. The van der Waals surface area contributed by atoms with Gasteiger partial charge in [-0.05, 0) is 19.1 Å². The smallest absolute Gasteiger partial charge is 0.340 e. The van der Waals surface area contributed by atoms with Gasteiger partial charge in [0.25, 0.3) is 11.5 Å². The molecule has 1 aromatic heterocycles. The number of aliphatic hydroxyl groups is 2. The summed E-state index contributed by atoms with van der Waals surface area (Å²) in [4.78, 5) is 37.7. The molecule has 8 heteroatoms. The fourth-order valence-corrected chi connectivity index (χ4v) is 2.84. The van der Waals surface area contributed by atoms with Gasteiger partial charge < -0.3 is 14.9 Å². The number of hydrogen-bond acceptors (Lipinski definition) is 6. The van der Waals surface area contributed by atoms with E-state index >= 15 is 0 Å². The van der Waals surface area contributed by atoms with E-state index in [1.807, 2.05) is 0 Å². The lowest BCUT2D eigenvalue weighted by atomic mass is 10.2. The van der Waals surface area contributed by atoms with Gasteiger partial charge in [0.15, 0.2) is 0 Å². The van der Waals surface area contributed by atoms with E-state index < -0.39 is 42.2 Å². The van der Waals surface area contributed by atoms with Crippen molar-refractivity contribution in [3.05, 3.63) is 68.5 Å². The molecule has 25 heavy (non-hydrogen) atoms. The molecule has 0 spiro atoms. The zero-order valence-electron chi connectivity index (χ0n) is 13.5. The molecule has 132 valence electrons. The molecule has 3 atom stereocenters. The molecule has 1 aliphatic rings. The minimum absolute atomic E-state index is 0.0717. The molecule has 1 aromatic carbocycles. The maximum Gasteiger partial charge on any atom is 0.340 e. The van der Waals surface area contributed by atoms with Crippen molar-refractivity contribution < 1.29 is 19.7 Å². The lowest BCUT2D eigenvalue weighted by molar-refractivity contribution is -0.0462.